The van der Waals surface area contributed by atoms with E-state index in [0.717, 1.165) is 33.9 Å². The van der Waals surface area contributed by atoms with Gasteiger partial charge in [0.25, 0.3) is 0 Å². The van der Waals surface area contributed by atoms with E-state index in [-0.39, 0.29) is 5.41 Å². The molecule has 0 amide bonds. The van der Waals surface area contributed by atoms with Crippen LogP contribution in [0.5, 0.6) is 0 Å². The van der Waals surface area contributed by atoms with Gasteiger partial charge in [0.15, 0.2) is 0 Å². The summed E-state index contributed by atoms with van der Waals surface area (Å²) >= 11 is 8.73. The van der Waals surface area contributed by atoms with Gasteiger partial charge in [-0.05, 0) is 69.0 Å². The summed E-state index contributed by atoms with van der Waals surface area (Å²) in [5, 5.41) is 9.07. The van der Waals surface area contributed by atoms with Crippen LogP contribution < -0.4 is 0 Å². The molecule has 1 heterocycles. The van der Waals surface area contributed by atoms with Gasteiger partial charge in [-0.25, -0.2) is 0 Å². The third-order valence-electron chi connectivity index (χ3n) is 3.79. The van der Waals surface area contributed by atoms with Gasteiger partial charge in [0.2, 0.25) is 0 Å². The number of thiophene rings is 1. The smallest absolute Gasteiger partial charge is 0.303 e. The van der Waals surface area contributed by atoms with Crippen molar-refractivity contribution >= 4 is 49.2 Å². The van der Waals surface area contributed by atoms with Crippen molar-refractivity contribution in [3.8, 4) is 0 Å². The van der Waals surface area contributed by atoms with Crippen molar-refractivity contribution in [2.45, 2.75) is 44.9 Å². The molecule has 1 fully saturated rings. The van der Waals surface area contributed by atoms with Crippen molar-refractivity contribution in [3.05, 3.63) is 19.2 Å². The highest BCUT2D eigenvalue weighted by atomic mass is 79.9. The predicted octanol–water partition coefficient (Wildman–Crippen LogP) is 5.24. The normalized spacial score (nSPS) is 18.1. The SMILES string of the molecule is O=C(O)CC1(CCc2cc(Br)c(Br)s2)CCCC1. The lowest BCUT2D eigenvalue weighted by Crippen LogP contribution is -2.21. The minimum Gasteiger partial charge on any atom is -0.481 e. The molecule has 1 saturated carbocycles. The second kappa shape index (κ2) is 6.06. The van der Waals surface area contributed by atoms with Crippen LogP contribution in [0.15, 0.2) is 14.3 Å². The Morgan fingerprint density at radius 2 is 2.06 bits per heavy atom. The zero-order valence-electron chi connectivity index (χ0n) is 10.0. The summed E-state index contributed by atoms with van der Waals surface area (Å²) in [6.07, 6.45) is 6.85. The monoisotopic (exact) mass is 394 g/mol. The largest absolute Gasteiger partial charge is 0.481 e. The molecule has 5 heteroatoms. The zero-order valence-corrected chi connectivity index (χ0v) is 14.0. The molecular formula is C13H16Br2O2S. The second-order valence-electron chi connectivity index (χ2n) is 5.11. The number of carbonyl (C=O) groups is 1. The Morgan fingerprint density at radius 3 is 2.56 bits per heavy atom. The molecule has 0 aromatic carbocycles. The Labute approximate surface area is 128 Å². The van der Waals surface area contributed by atoms with Gasteiger partial charge in [0.1, 0.15) is 0 Å². The van der Waals surface area contributed by atoms with E-state index in [1.807, 2.05) is 0 Å². The molecular weight excluding hydrogens is 380 g/mol. The summed E-state index contributed by atoms with van der Waals surface area (Å²) in [6, 6.07) is 2.14. The molecule has 1 aromatic rings. The molecule has 2 rings (SSSR count). The summed E-state index contributed by atoms with van der Waals surface area (Å²) in [6.45, 7) is 0. The maximum absolute atomic E-state index is 11.0. The molecule has 0 atom stereocenters. The molecule has 0 radical (unpaired) electrons. The Kier molecular flexibility index (Phi) is 4.89. The molecule has 100 valence electrons. The van der Waals surface area contributed by atoms with Crippen LogP contribution in [0.1, 0.15) is 43.4 Å². The first-order chi connectivity index (χ1) is 8.51. The third kappa shape index (κ3) is 3.58. The molecule has 1 N–H and O–H groups in total. The summed E-state index contributed by atoms with van der Waals surface area (Å²) in [5.74, 6) is -0.648. The first kappa shape index (κ1) is 14.5. The molecule has 0 spiro atoms. The number of hydrogen-bond donors (Lipinski definition) is 1. The highest BCUT2D eigenvalue weighted by Gasteiger charge is 2.35. The van der Waals surface area contributed by atoms with Crippen molar-refractivity contribution < 1.29 is 9.90 Å². The summed E-state index contributed by atoms with van der Waals surface area (Å²) < 4.78 is 2.22. The van der Waals surface area contributed by atoms with Crippen LogP contribution in [0.4, 0.5) is 0 Å². The number of hydrogen-bond acceptors (Lipinski definition) is 2. The minimum atomic E-state index is -0.648. The number of carboxylic acids is 1. The van der Waals surface area contributed by atoms with Crippen LogP contribution in [0.2, 0.25) is 0 Å². The molecule has 18 heavy (non-hydrogen) atoms. The van der Waals surface area contributed by atoms with Gasteiger partial charge in [-0.1, -0.05) is 12.8 Å². The molecule has 0 unspecified atom stereocenters. The van der Waals surface area contributed by atoms with E-state index in [1.165, 1.54) is 17.7 Å². The number of halogens is 2. The molecule has 1 aliphatic rings. The highest BCUT2D eigenvalue weighted by Crippen LogP contribution is 2.45. The molecule has 2 nitrogen and oxygen atoms in total. The van der Waals surface area contributed by atoms with Gasteiger partial charge < -0.3 is 5.11 Å². The van der Waals surface area contributed by atoms with Gasteiger partial charge in [-0.3, -0.25) is 4.79 Å². The average molecular weight is 396 g/mol. The Hall–Kier alpha value is 0.130. The van der Waals surface area contributed by atoms with Crippen LogP contribution >= 0.6 is 43.2 Å². The third-order valence-corrected chi connectivity index (χ3v) is 7.10. The molecule has 0 saturated heterocycles. The van der Waals surface area contributed by atoms with Crippen molar-refractivity contribution in [3.63, 3.8) is 0 Å². The topological polar surface area (TPSA) is 37.3 Å². The molecule has 0 aliphatic heterocycles. The van der Waals surface area contributed by atoms with E-state index >= 15 is 0 Å². The molecule has 1 aliphatic carbocycles. The van der Waals surface area contributed by atoms with Crippen LogP contribution in [-0.4, -0.2) is 11.1 Å². The van der Waals surface area contributed by atoms with Gasteiger partial charge in [0.05, 0.1) is 10.2 Å². The summed E-state index contributed by atoms with van der Waals surface area (Å²) in [7, 11) is 0. The number of carboxylic acid groups (broad SMARTS) is 1. The van der Waals surface area contributed by atoms with E-state index in [9.17, 15) is 4.79 Å². The first-order valence-electron chi connectivity index (χ1n) is 6.16. The quantitative estimate of drug-likeness (QED) is 0.739. The Morgan fingerprint density at radius 1 is 1.39 bits per heavy atom. The van der Waals surface area contributed by atoms with Crippen molar-refractivity contribution in [2.24, 2.45) is 5.41 Å². The standard InChI is InChI=1S/C13H16Br2O2S/c14-10-7-9(18-12(10)15)3-6-13(8-11(16)17)4-1-2-5-13/h7H,1-6,8H2,(H,16,17). The number of rotatable bonds is 5. The zero-order chi connectivity index (χ0) is 13.2. The fraction of sp³-hybridized carbons (Fsp3) is 0.615. The van der Waals surface area contributed by atoms with Crippen LogP contribution in [0.3, 0.4) is 0 Å². The lowest BCUT2D eigenvalue weighted by molar-refractivity contribution is -0.139. The van der Waals surface area contributed by atoms with E-state index in [2.05, 4.69) is 37.9 Å². The lowest BCUT2D eigenvalue weighted by Gasteiger charge is -2.26. The van der Waals surface area contributed by atoms with Crippen molar-refractivity contribution in [1.82, 2.24) is 0 Å². The number of aliphatic carboxylic acids is 1. The second-order valence-corrected chi connectivity index (χ2v) is 8.42. The highest BCUT2D eigenvalue weighted by molar-refractivity contribution is 9.13. The van der Waals surface area contributed by atoms with Crippen LogP contribution in [0, 0.1) is 5.41 Å². The van der Waals surface area contributed by atoms with E-state index in [0.29, 0.717) is 6.42 Å². The Balaban J connectivity index is 1.99. The van der Waals surface area contributed by atoms with Crippen LogP contribution in [0.25, 0.3) is 0 Å². The molecule has 1 aromatic heterocycles. The van der Waals surface area contributed by atoms with Gasteiger partial charge in [-0.2, -0.15) is 0 Å². The predicted molar refractivity (Wildman–Crippen MR) is 81.2 cm³/mol. The van der Waals surface area contributed by atoms with Crippen LogP contribution in [-0.2, 0) is 11.2 Å². The molecule has 0 bridgehead atoms. The van der Waals surface area contributed by atoms with E-state index in [4.69, 9.17) is 5.11 Å². The first-order valence-corrected chi connectivity index (χ1v) is 8.57. The fourth-order valence-electron chi connectivity index (χ4n) is 2.86. The average Bonchev–Trinajstić information content (AvgIpc) is 2.85. The van der Waals surface area contributed by atoms with Gasteiger partial charge in [0, 0.05) is 9.35 Å². The lowest BCUT2D eigenvalue weighted by atomic mass is 9.78. The number of aryl methyl sites for hydroxylation is 1. The minimum absolute atomic E-state index is 0.0504. The van der Waals surface area contributed by atoms with E-state index in [1.54, 1.807) is 11.3 Å². The van der Waals surface area contributed by atoms with Crippen molar-refractivity contribution in [2.75, 3.05) is 0 Å². The van der Waals surface area contributed by atoms with Gasteiger partial charge in [-0.15, -0.1) is 11.3 Å². The van der Waals surface area contributed by atoms with Gasteiger partial charge >= 0.3 is 5.97 Å². The summed E-state index contributed by atoms with van der Waals surface area (Å²) in [5.41, 5.74) is 0.0504. The maximum Gasteiger partial charge on any atom is 0.303 e. The maximum atomic E-state index is 11.0. The Bertz CT molecular complexity index is 417. The van der Waals surface area contributed by atoms with Crippen molar-refractivity contribution in [1.29, 1.82) is 0 Å². The fourth-order valence-corrected chi connectivity index (χ4v) is 5.04. The van der Waals surface area contributed by atoms with E-state index < -0.39 is 5.97 Å². The summed E-state index contributed by atoms with van der Waals surface area (Å²) in [4.78, 5) is 12.3.